The number of pyridine rings is 1. The van der Waals surface area contributed by atoms with Crippen molar-refractivity contribution >= 4 is 21.7 Å². The van der Waals surface area contributed by atoms with E-state index in [1.54, 1.807) is 0 Å². The van der Waals surface area contributed by atoms with Gasteiger partial charge in [-0.1, -0.05) is 146 Å². The van der Waals surface area contributed by atoms with Gasteiger partial charge in [-0.05, 0) is 74.2 Å². The van der Waals surface area contributed by atoms with Gasteiger partial charge >= 0.3 is 0 Å². The van der Waals surface area contributed by atoms with E-state index in [9.17, 15) is 5.26 Å². The maximum absolute atomic E-state index is 9.62. The van der Waals surface area contributed by atoms with E-state index >= 15 is 0 Å². The van der Waals surface area contributed by atoms with Gasteiger partial charge in [0.15, 0.2) is 0 Å². The van der Waals surface area contributed by atoms with Crippen LogP contribution in [0.3, 0.4) is 0 Å². The first-order chi connectivity index (χ1) is 22.7. The van der Waals surface area contributed by atoms with E-state index in [0.717, 1.165) is 49.6 Å². The molecule has 0 aliphatic heterocycles. The molecule has 0 unspecified atom stereocenters. The van der Waals surface area contributed by atoms with Crippen LogP contribution >= 0.6 is 0 Å². The molecule has 0 saturated heterocycles. The Labute approximate surface area is 268 Å². The van der Waals surface area contributed by atoms with Gasteiger partial charge in [-0.2, -0.15) is 5.26 Å². The average Bonchev–Trinajstić information content (AvgIpc) is 3.15. The largest absolute Gasteiger partial charge is 0.247 e. The van der Waals surface area contributed by atoms with E-state index < -0.39 is 0 Å². The van der Waals surface area contributed by atoms with Gasteiger partial charge in [-0.3, -0.25) is 0 Å². The molecule has 0 aliphatic rings. The number of hydrogen-bond donors (Lipinski definition) is 0. The number of nitrogens with zero attached hydrogens (tertiary/aromatic N) is 2. The summed E-state index contributed by atoms with van der Waals surface area (Å²) in [5, 5.41) is 13.0. The first kappa shape index (κ1) is 27.3. The van der Waals surface area contributed by atoms with Crippen molar-refractivity contribution in [1.82, 2.24) is 4.98 Å². The monoisotopic (exact) mass is 584 g/mol. The smallest absolute Gasteiger partial charge is 0.0991 e. The zero-order chi connectivity index (χ0) is 30.9. The Morgan fingerprint density at radius 3 is 1.43 bits per heavy atom. The molecule has 2 nitrogen and oxygen atoms in total. The number of rotatable bonds is 5. The molecule has 214 valence electrons. The van der Waals surface area contributed by atoms with Gasteiger partial charge in [-0.15, -0.1) is 0 Å². The molecular weight excluding hydrogens is 556 g/mol. The van der Waals surface area contributed by atoms with Crippen LogP contribution < -0.4 is 0 Å². The van der Waals surface area contributed by atoms with Crippen LogP contribution in [0.4, 0.5) is 0 Å². The molecule has 0 fully saturated rings. The third kappa shape index (κ3) is 5.01. The third-order valence-corrected chi connectivity index (χ3v) is 8.71. The molecule has 1 aromatic heterocycles. The van der Waals surface area contributed by atoms with Crippen molar-refractivity contribution in [3.8, 4) is 61.8 Å². The van der Waals surface area contributed by atoms with E-state index in [-0.39, 0.29) is 0 Å². The molecule has 0 aliphatic carbocycles. The molecule has 0 N–H and O–H groups in total. The van der Waals surface area contributed by atoms with Gasteiger partial charge < -0.3 is 0 Å². The zero-order valence-corrected chi connectivity index (χ0v) is 25.1. The van der Waals surface area contributed by atoms with Crippen LogP contribution in [0.2, 0.25) is 0 Å². The van der Waals surface area contributed by atoms with Gasteiger partial charge in [0, 0.05) is 16.3 Å². The van der Waals surface area contributed by atoms with Crippen LogP contribution in [0.15, 0.2) is 170 Å². The van der Waals surface area contributed by atoms with E-state index in [0.29, 0.717) is 5.56 Å². The van der Waals surface area contributed by atoms with Crippen molar-refractivity contribution in [2.24, 2.45) is 0 Å². The average molecular weight is 585 g/mol. The third-order valence-electron chi connectivity index (χ3n) is 8.71. The molecule has 0 spiro atoms. The van der Waals surface area contributed by atoms with E-state index in [4.69, 9.17) is 4.98 Å². The second-order valence-electron chi connectivity index (χ2n) is 11.5. The molecule has 0 amide bonds. The Bertz CT molecular complexity index is 2380. The van der Waals surface area contributed by atoms with Crippen LogP contribution in [0, 0.1) is 11.3 Å². The highest BCUT2D eigenvalue weighted by atomic mass is 14.7. The quantitative estimate of drug-likeness (QED) is 0.189. The number of aromatic nitrogens is 1. The molecule has 0 saturated carbocycles. The summed E-state index contributed by atoms with van der Waals surface area (Å²) in [4.78, 5) is 5.28. The van der Waals surface area contributed by atoms with Gasteiger partial charge in [0.2, 0.25) is 0 Å². The normalized spacial score (nSPS) is 11.0. The van der Waals surface area contributed by atoms with E-state index in [1.165, 1.54) is 27.8 Å². The molecule has 0 bridgehead atoms. The minimum atomic E-state index is 0.618. The minimum Gasteiger partial charge on any atom is -0.247 e. The van der Waals surface area contributed by atoms with Crippen LogP contribution in [0.5, 0.6) is 0 Å². The highest BCUT2D eigenvalue weighted by Crippen LogP contribution is 2.41. The van der Waals surface area contributed by atoms with Crippen molar-refractivity contribution in [2.75, 3.05) is 0 Å². The highest BCUT2D eigenvalue weighted by molar-refractivity contribution is 6.16. The standard InChI is InChI=1S/C44H28N2/c45-29-30-10-9-15-37(26-30)43-28-41(36-24-20-34(21-25-36)32-13-5-2-6-14-32)42-27-40(38-16-7-8-17-39(38)44(42)46-43)35-22-18-33(19-23-35)31-11-3-1-4-12-31/h1-28H. The summed E-state index contributed by atoms with van der Waals surface area (Å²) in [6.45, 7) is 0. The second kappa shape index (κ2) is 11.7. The van der Waals surface area contributed by atoms with Crippen molar-refractivity contribution in [1.29, 1.82) is 5.26 Å². The number of fused-ring (bicyclic) bond motifs is 3. The summed E-state index contributed by atoms with van der Waals surface area (Å²) in [5.74, 6) is 0. The molecule has 1 heterocycles. The van der Waals surface area contributed by atoms with Crippen molar-refractivity contribution in [2.45, 2.75) is 0 Å². The van der Waals surface area contributed by atoms with Gasteiger partial charge in [-0.25, -0.2) is 4.98 Å². The molecular formula is C44H28N2. The molecule has 8 rings (SSSR count). The van der Waals surface area contributed by atoms with Gasteiger partial charge in [0.25, 0.3) is 0 Å². The maximum atomic E-state index is 9.62. The fourth-order valence-electron chi connectivity index (χ4n) is 6.37. The predicted molar refractivity (Wildman–Crippen MR) is 191 cm³/mol. The Kier molecular flexibility index (Phi) is 6.91. The number of benzene rings is 7. The fraction of sp³-hybridized carbons (Fsp3) is 0. The van der Waals surface area contributed by atoms with Crippen LogP contribution in [0.1, 0.15) is 5.56 Å². The Morgan fingerprint density at radius 2 is 0.848 bits per heavy atom. The highest BCUT2D eigenvalue weighted by Gasteiger charge is 2.16. The lowest BCUT2D eigenvalue weighted by atomic mass is 9.90. The lowest BCUT2D eigenvalue weighted by Gasteiger charge is -2.16. The SMILES string of the molecule is N#Cc1cccc(-c2cc(-c3ccc(-c4ccccc4)cc3)c3cc(-c4ccc(-c5ccccc5)cc4)c4ccccc4c3n2)c1. The Hall–Kier alpha value is -6.30. The van der Waals surface area contributed by atoms with Crippen LogP contribution in [-0.4, -0.2) is 4.98 Å². The van der Waals surface area contributed by atoms with Gasteiger partial charge in [0.05, 0.1) is 22.8 Å². The molecule has 46 heavy (non-hydrogen) atoms. The maximum Gasteiger partial charge on any atom is 0.0991 e. The molecule has 8 aromatic rings. The molecule has 0 atom stereocenters. The van der Waals surface area contributed by atoms with Crippen molar-refractivity contribution in [3.63, 3.8) is 0 Å². The molecule has 7 aromatic carbocycles. The Balaban J connectivity index is 1.36. The summed E-state index contributed by atoms with van der Waals surface area (Å²) in [6.07, 6.45) is 0. The van der Waals surface area contributed by atoms with Crippen molar-refractivity contribution in [3.05, 3.63) is 175 Å². The topological polar surface area (TPSA) is 36.7 Å². The summed E-state index contributed by atoms with van der Waals surface area (Å²) in [5.41, 5.74) is 12.7. The first-order valence-corrected chi connectivity index (χ1v) is 15.4. The number of nitriles is 1. The van der Waals surface area contributed by atoms with Crippen LogP contribution in [0.25, 0.3) is 77.4 Å². The first-order valence-electron chi connectivity index (χ1n) is 15.4. The molecule has 2 heteroatoms. The minimum absolute atomic E-state index is 0.618. The lowest BCUT2D eigenvalue weighted by molar-refractivity contribution is 1.40. The van der Waals surface area contributed by atoms with E-state index in [1.807, 2.05) is 36.4 Å². The predicted octanol–water partition coefficient (Wildman–Crippen LogP) is 11.6. The Morgan fingerprint density at radius 1 is 0.370 bits per heavy atom. The summed E-state index contributed by atoms with van der Waals surface area (Å²) < 4.78 is 0. The lowest BCUT2D eigenvalue weighted by Crippen LogP contribution is -1.94. The number of hydrogen-bond acceptors (Lipinski definition) is 2. The van der Waals surface area contributed by atoms with Crippen LogP contribution in [-0.2, 0) is 0 Å². The summed E-state index contributed by atoms with van der Waals surface area (Å²) >= 11 is 0. The fourth-order valence-corrected chi connectivity index (χ4v) is 6.37. The van der Waals surface area contributed by atoms with Gasteiger partial charge in [0.1, 0.15) is 0 Å². The summed E-state index contributed by atoms with van der Waals surface area (Å²) in [7, 11) is 0. The van der Waals surface area contributed by atoms with E-state index in [2.05, 4.69) is 140 Å². The zero-order valence-electron chi connectivity index (χ0n) is 25.1. The molecule has 0 radical (unpaired) electrons. The summed E-state index contributed by atoms with van der Waals surface area (Å²) in [6, 6.07) is 61.6. The van der Waals surface area contributed by atoms with Crippen molar-refractivity contribution < 1.29 is 0 Å². The second-order valence-corrected chi connectivity index (χ2v) is 11.5.